The zero-order valence-electron chi connectivity index (χ0n) is 11.1. The lowest BCUT2D eigenvalue weighted by Gasteiger charge is -2.32. The Labute approximate surface area is 118 Å². The van der Waals surface area contributed by atoms with E-state index in [1.807, 2.05) is 6.08 Å². The quantitative estimate of drug-likeness (QED) is 0.775. The van der Waals surface area contributed by atoms with Crippen LogP contribution >= 0.6 is 0 Å². The largest absolute Gasteiger partial charge is 0.454 e. The first-order chi connectivity index (χ1) is 9.86. The summed E-state index contributed by atoms with van der Waals surface area (Å²) in [6.45, 7) is 5.88. The van der Waals surface area contributed by atoms with Gasteiger partial charge < -0.3 is 14.4 Å². The summed E-state index contributed by atoms with van der Waals surface area (Å²) in [7, 11) is 0. The Hall–Kier alpha value is -2.42. The molecule has 0 spiro atoms. The van der Waals surface area contributed by atoms with Crippen LogP contribution in [0.2, 0.25) is 0 Å². The van der Waals surface area contributed by atoms with Crippen LogP contribution in [0.1, 0.15) is 5.56 Å². The molecule has 0 saturated heterocycles. The second-order valence-corrected chi connectivity index (χ2v) is 5.05. The number of anilines is 1. The van der Waals surface area contributed by atoms with Gasteiger partial charge in [-0.3, -0.25) is 0 Å². The maximum Gasteiger partial charge on any atom is 0.231 e. The lowest BCUT2D eigenvalue weighted by Crippen LogP contribution is -2.26. The Morgan fingerprint density at radius 1 is 1.10 bits per heavy atom. The van der Waals surface area contributed by atoms with Crippen LogP contribution in [0.3, 0.4) is 0 Å². The maximum absolute atomic E-state index is 5.50. The fourth-order valence-corrected chi connectivity index (χ4v) is 2.95. The smallest absolute Gasteiger partial charge is 0.231 e. The molecular formula is C17H15NO2. The van der Waals surface area contributed by atoms with E-state index >= 15 is 0 Å². The fraction of sp³-hybridized carbons (Fsp3) is 0.176. The van der Waals surface area contributed by atoms with Crippen molar-refractivity contribution in [2.45, 2.75) is 6.54 Å². The molecule has 0 bridgehead atoms. The third kappa shape index (κ3) is 1.59. The predicted octanol–water partition coefficient (Wildman–Crippen LogP) is 3.59. The third-order valence-corrected chi connectivity index (χ3v) is 3.84. The molecule has 0 unspecified atom stereocenters. The molecule has 3 nitrogen and oxygen atoms in total. The van der Waals surface area contributed by atoms with E-state index in [1.54, 1.807) is 0 Å². The van der Waals surface area contributed by atoms with Crippen molar-refractivity contribution in [3.8, 4) is 22.6 Å². The normalized spacial score (nSPS) is 14.7. The number of hydrogen-bond donors (Lipinski definition) is 0. The van der Waals surface area contributed by atoms with E-state index in [0.717, 1.165) is 24.6 Å². The van der Waals surface area contributed by atoms with Gasteiger partial charge in [0.1, 0.15) is 0 Å². The first-order valence-corrected chi connectivity index (χ1v) is 6.74. The van der Waals surface area contributed by atoms with Crippen LogP contribution in [0.25, 0.3) is 11.1 Å². The van der Waals surface area contributed by atoms with Crippen molar-refractivity contribution >= 4 is 5.69 Å². The van der Waals surface area contributed by atoms with Gasteiger partial charge in [-0.05, 0) is 29.3 Å². The van der Waals surface area contributed by atoms with Crippen molar-refractivity contribution in [2.24, 2.45) is 0 Å². The summed E-state index contributed by atoms with van der Waals surface area (Å²) in [4.78, 5) is 2.33. The highest BCUT2D eigenvalue weighted by Crippen LogP contribution is 2.44. The van der Waals surface area contributed by atoms with Crippen molar-refractivity contribution in [2.75, 3.05) is 18.2 Å². The molecule has 3 heteroatoms. The zero-order chi connectivity index (χ0) is 13.5. The van der Waals surface area contributed by atoms with Crippen LogP contribution in [0.4, 0.5) is 5.69 Å². The average Bonchev–Trinajstić information content (AvgIpc) is 2.93. The van der Waals surface area contributed by atoms with Gasteiger partial charge in [0.15, 0.2) is 11.5 Å². The average molecular weight is 265 g/mol. The number of rotatable bonds is 2. The van der Waals surface area contributed by atoms with E-state index in [4.69, 9.17) is 9.47 Å². The van der Waals surface area contributed by atoms with Gasteiger partial charge in [0, 0.05) is 24.3 Å². The maximum atomic E-state index is 5.50. The lowest BCUT2D eigenvalue weighted by molar-refractivity contribution is 0.174. The predicted molar refractivity (Wildman–Crippen MR) is 79.2 cm³/mol. The molecule has 0 aliphatic carbocycles. The van der Waals surface area contributed by atoms with Gasteiger partial charge >= 0.3 is 0 Å². The summed E-state index contributed by atoms with van der Waals surface area (Å²) in [5.41, 5.74) is 5.01. The summed E-state index contributed by atoms with van der Waals surface area (Å²) in [5, 5.41) is 0. The number of nitrogens with zero attached hydrogens (tertiary/aromatic N) is 1. The highest BCUT2D eigenvalue weighted by atomic mass is 16.7. The van der Waals surface area contributed by atoms with E-state index < -0.39 is 0 Å². The van der Waals surface area contributed by atoms with Crippen LogP contribution in [0, 0.1) is 0 Å². The van der Waals surface area contributed by atoms with Crippen LogP contribution in [0.5, 0.6) is 11.5 Å². The highest BCUT2D eigenvalue weighted by molar-refractivity contribution is 5.85. The molecule has 2 aliphatic heterocycles. The molecule has 2 aromatic rings. The standard InChI is InChI=1S/C17H15NO2/c1-2-7-18-10-12-8-16-17(20-11-19-16)9-14(12)13-5-3-4-6-15(13)18/h2-6,8-9H,1,7,10-11H2. The van der Waals surface area contributed by atoms with E-state index in [9.17, 15) is 0 Å². The van der Waals surface area contributed by atoms with Gasteiger partial charge in [-0.2, -0.15) is 0 Å². The van der Waals surface area contributed by atoms with Crippen molar-refractivity contribution in [1.82, 2.24) is 0 Å². The number of fused-ring (bicyclic) bond motifs is 4. The highest BCUT2D eigenvalue weighted by Gasteiger charge is 2.25. The molecule has 20 heavy (non-hydrogen) atoms. The van der Waals surface area contributed by atoms with E-state index in [2.05, 4.69) is 47.9 Å². The van der Waals surface area contributed by atoms with Gasteiger partial charge in [0.25, 0.3) is 0 Å². The van der Waals surface area contributed by atoms with Gasteiger partial charge in [0.2, 0.25) is 6.79 Å². The molecule has 4 rings (SSSR count). The Morgan fingerprint density at radius 3 is 2.75 bits per heavy atom. The Balaban J connectivity index is 1.91. The monoisotopic (exact) mass is 265 g/mol. The van der Waals surface area contributed by atoms with Gasteiger partial charge in [-0.1, -0.05) is 24.3 Å². The zero-order valence-corrected chi connectivity index (χ0v) is 11.1. The number of ether oxygens (including phenoxy) is 2. The first kappa shape index (κ1) is 11.4. The van der Waals surface area contributed by atoms with E-state index in [1.165, 1.54) is 22.4 Å². The molecule has 2 aliphatic rings. The van der Waals surface area contributed by atoms with Gasteiger partial charge in [-0.25, -0.2) is 0 Å². The van der Waals surface area contributed by atoms with Crippen molar-refractivity contribution in [1.29, 1.82) is 0 Å². The summed E-state index contributed by atoms with van der Waals surface area (Å²) >= 11 is 0. The number of benzene rings is 2. The summed E-state index contributed by atoms with van der Waals surface area (Å²) in [6.07, 6.45) is 1.94. The van der Waals surface area contributed by atoms with Crippen molar-refractivity contribution < 1.29 is 9.47 Å². The molecule has 0 N–H and O–H groups in total. The minimum atomic E-state index is 0.316. The van der Waals surface area contributed by atoms with Crippen molar-refractivity contribution in [3.63, 3.8) is 0 Å². The molecule has 0 amide bonds. The molecule has 0 saturated carbocycles. The van der Waals surface area contributed by atoms with Crippen LogP contribution in [-0.4, -0.2) is 13.3 Å². The molecule has 100 valence electrons. The molecular weight excluding hydrogens is 250 g/mol. The number of hydrogen-bond acceptors (Lipinski definition) is 3. The minimum Gasteiger partial charge on any atom is -0.454 e. The van der Waals surface area contributed by atoms with Gasteiger partial charge in [-0.15, -0.1) is 6.58 Å². The van der Waals surface area contributed by atoms with Crippen LogP contribution in [0.15, 0.2) is 49.1 Å². The van der Waals surface area contributed by atoms with Crippen molar-refractivity contribution in [3.05, 3.63) is 54.6 Å². The Kier molecular flexibility index (Phi) is 2.46. The first-order valence-electron chi connectivity index (χ1n) is 6.74. The van der Waals surface area contributed by atoms with E-state index in [-0.39, 0.29) is 0 Å². The molecule has 0 aromatic heterocycles. The third-order valence-electron chi connectivity index (χ3n) is 3.84. The lowest BCUT2D eigenvalue weighted by atomic mass is 9.93. The Bertz CT molecular complexity index is 693. The molecule has 2 aromatic carbocycles. The molecule has 0 radical (unpaired) electrons. The van der Waals surface area contributed by atoms with E-state index in [0.29, 0.717) is 6.79 Å². The fourth-order valence-electron chi connectivity index (χ4n) is 2.95. The summed E-state index contributed by atoms with van der Waals surface area (Å²) < 4.78 is 11.0. The van der Waals surface area contributed by atoms with Crippen LogP contribution < -0.4 is 14.4 Å². The molecule has 2 heterocycles. The minimum absolute atomic E-state index is 0.316. The Morgan fingerprint density at radius 2 is 1.90 bits per heavy atom. The summed E-state index contributed by atoms with van der Waals surface area (Å²) in [5.74, 6) is 1.69. The number of para-hydroxylation sites is 1. The summed E-state index contributed by atoms with van der Waals surface area (Å²) in [6, 6.07) is 12.7. The second-order valence-electron chi connectivity index (χ2n) is 5.05. The van der Waals surface area contributed by atoms with Gasteiger partial charge in [0.05, 0.1) is 0 Å². The SMILES string of the molecule is C=CCN1Cc2cc3c(cc2-c2ccccc21)OCO3. The molecule has 0 atom stereocenters. The second kappa shape index (κ2) is 4.30. The van der Waals surface area contributed by atoms with Crippen LogP contribution in [-0.2, 0) is 6.54 Å². The topological polar surface area (TPSA) is 21.7 Å². The molecule has 0 fully saturated rings.